The number of alkyl halides is 1. The molecule has 5 rings (SSSR count). The number of nitrogens with zero attached hydrogens (tertiary/aromatic N) is 2. The second-order valence-electron chi connectivity index (χ2n) is 8.85. The number of carboxylic acids is 1. The summed E-state index contributed by atoms with van der Waals surface area (Å²) in [6.07, 6.45) is 4.26. The lowest BCUT2D eigenvalue weighted by molar-refractivity contribution is 0.0694. The molecule has 6 nitrogen and oxygen atoms in total. The standard InChI is InChI=1S/C22H26FN3O3/c1-12-17(25-8-5-13(10-25)22(24-2)6-7-22)4-3-14-19(12)26(18-9-16(18)23)11-15(20(14)27)21(28)29/h3-4,11,13,16,18,24H,5-10H2,1-2H3,(H,28,29)/t13-,16-,18-/m1/s1. The molecular formula is C22H26FN3O3. The monoisotopic (exact) mass is 399 g/mol. The second-order valence-corrected chi connectivity index (χ2v) is 8.85. The number of rotatable bonds is 5. The molecule has 1 aromatic heterocycles. The summed E-state index contributed by atoms with van der Waals surface area (Å²) in [5.74, 6) is -0.676. The molecule has 3 atom stereocenters. The van der Waals surface area contributed by atoms with E-state index in [9.17, 15) is 19.1 Å². The fourth-order valence-electron chi connectivity index (χ4n) is 5.24. The number of benzene rings is 1. The summed E-state index contributed by atoms with van der Waals surface area (Å²) in [6.45, 7) is 3.87. The third kappa shape index (κ3) is 2.78. The fourth-order valence-corrected chi connectivity index (χ4v) is 5.24. The minimum atomic E-state index is -1.27. The van der Waals surface area contributed by atoms with Crippen molar-refractivity contribution in [2.75, 3.05) is 25.0 Å². The van der Waals surface area contributed by atoms with E-state index < -0.39 is 23.6 Å². The Morgan fingerprint density at radius 1 is 1.34 bits per heavy atom. The molecule has 7 heteroatoms. The first-order valence-electron chi connectivity index (χ1n) is 10.4. The van der Waals surface area contributed by atoms with E-state index in [1.54, 1.807) is 10.6 Å². The number of hydrogen-bond donors (Lipinski definition) is 2. The highest BCUT2D eigenvalue weighted by Gasteiger charge is 2.50. The summed E-state index contributed by atoms with van der Waals surface area (Å²) in [5, 5.41) is 13.3. The van der Waals surface area contributed by atoms with Gasteiger partial charge in [-0.15, -0.1) is 0 Å². The van der Waals surface area contributed by atoms with E-state index in [1.165, 1.54) is 19.0 Å². The molecule has 1 aromatic carbocycles. The summed E-state index contributed by atoms with van der Waals surface area (Å²) >= 11 is 0. The molecule has 3 fully saturated rings. The van der Waals surface area contributed by atoms with Crippen molar-refractivity contribution in [2.24, 2.45) is 5.92 Å². The molecule has 29 heavy (non-hydrogen) atoms. The van der Waals surface area contributed by atoms with Gasteiger partial charge < -0.3 is 19.9 Å². The van der Waals surface area contributed by atoms with Crippen molar-refractivity contribution in [3.63, 3.8) is 0 Å². The maximum atomic E-state index is 13.9. The smallest absolute Gasteiger partial charge is 0.341 e. The van der Waals surface area contributed by atoms with Gasteiger partial charge in [-0.1, -0.05) is 0 Å². The molecule has 2 aliphatic carbocycles. The Morgan fingerprint density at radius 3 is 2.66 bits per heavy atom. The van der Waals surface area contributed by atoms with Crippen LogP contribution in [0.1, 0.15) is 47.6 Å². The summed E-state index contributed by atoms with van der Waals surface area (Å²) < 4.78 is 15.6. The summed E-state index contributed by atoms with van der Waals surface area (Å²) in [5.41, 5.74) is 2.12. The molecule has 0 amide bonds. The van der Waals surface area contributed by atoms with Crippen LogP contribution in [0.25, 0.3) is 10.9 Å². The van der Waals surface area contributed by atoms with Crippen LogP contribution in [0.5, 0.6) is 0 Å². The number of carbonyl (C=O) groups is 1. The van der Waals surface area contributed by atoms with Gasteiger partial charge >= 0.3 is 5.97 Å². The normalized spacial score (nSPS) is 27.4. The molecule has 1 aliphatic heterocycles. The van der Waals surface area contributed by atoms with Gasteiger partial charge in [-0.2, -0.15) is 0 Å². The number of aromatic nitrogens is 1. The zero-order valence-corrected chi connectivity index (χ0v) is 16.7. The second kappa shape index (κ2) is 6.29. The molecule has 2 N–H and O–H groups in total. The van der Waals surface area contributed by atoms with Crippen LogP contribution in [-0.2, 0) is 0 Å². The first-order chi connectivity index (χ1) is 13.9. The Kier molecular flexibility index (Phi) is 4.04. The summed E-state index contributed by atoms with van der Waals surface area (Å²) in [4.78, 5) is 26.7. The lowest BCUT2D eigenvalue weighted by atomic mass is 9.96. The van der Waals surface area contributed by atoms with Crippen molar-refractivity contribution in [3.05, 3.63) is 39.7 Å². The van der Waals surface area contributed by atoms with Crippen LogP contribution in [0.4, 0.5) is 10.1 Å². The van der Waals surface area contributed by atoms with Gasteiger partial charge in [0.1, 0.15) is 11.7 Å². The van der Waals surface area contributed by atoms with Crippen molar-refractivity contribution in [3.8, 4) is 0 Å². The van der Waals surface area contributed by atoms with Gasteiger partial charge in [0.25, 0.3) is 0 Å². The summed E-state index contributed by atoms with van der Waals surface area (Å²) in [7, 11) is 2.04. The first kappa shape index (κ1) is 18.6. The number of pyridine rings is 1. The first-order valence-corrected chi connectivity index (χ1v) is 10.4. The predicted octanol–water partition coefficient (Wildman–Crippen LogP) is 2.87. The van der Waals surface area contributed by atoms with Crippen molar-refractivity contribution >= 4 is 22.6 Å². The third-order valence-corrected chi connectivity index (χ3v) is 7.28. The number of aromatic carboxylic acids is 1. The highest BCUT2D eigenvalue weighted by Crippen LogP contribution is 2.47. The van der Waals surface area contributed by atoms with Crippen LogP contribution in [0.3, 0.4) is 0 Å². The molecule has 2 heterocycles. The predicted molar refractivity (Wildman–Crippen MR) is 110 cm³/mol. The van der Waals surface area contributed by atoms with Gasteiger partial charge in [0, 0.05) is 42.3 Å². The van der Waals surface area contributed by atoms with Gasteiger partial charge in [-0.05, 0) is 56.8 Å². The Balaban J connectivity index is 1.60. The van der Waals surface area contributed by atoms with Crippen LogP contribution in [0, 0.1) is 12.8 Å². The SMILES string of the molecule is CNC1([C@@H]2CCN(c3ccc4c(=O)c(C(=O)O)cn([C@@H]5C[C@H]5F)c4c3C)C2)CC1. The van der Waals surface area contributed by atoms with Gasteiger partial charge in [0.05, 0.1) is 11.6 Å². The average molecular weight is 399 g/mol. The van der Waals surface area contributed by atoms with E-state index in [1.807, 2.05) is 20.0 Å². The van der Waals surface area contributed by atoms with Crippen LogP contribution in [0.2, 0.25) is 0 Å². The van der Waals surface area contributed by atoms with E-state index in [0.29, 0.717) is 23.2 Å². The van der Waals surface area contributed by atoms with Gasteiger partial charge in [0.15, 0.2) is 0 Å². The van der Waals surface area contributed by atoms with Gasteiger partial charge in [-0.3, -0.25) is 4.79 Å². The molecule has 0 radical (unpaired) electrons. The zero-order chi connectivity index (χ0) is 20.5. The van der Waals surface area contributed by atoms with Crippen molar-refractivity contribution in [1.29, 1.82) is 0 Å². The number of anilines is 1. The fraction of sp³-hybridized carbons (Fsp3) is 0.545. The van der Waals surface area contributed by atoms with E-state index in [4.69, 9.17) is 0 Å². The number of nitrogens with one attached hydrogen (secondary N) is 1. The largest absolute Gasteiger partial charge is 0.477 e. The maximum absolute atomic E-state index is 13.9. The Morgan fingerprint density at radius 2 is 2.07 bits per heavy atom. The molecule has 0 unspecified atom stereocenters. The van der Waals surface area contributed by atoms with Crippen LogP contribution in [-0.4, -0.2) is 47.5 Å². The Hall–Kier alpha value is -2.41. The molecular weight excluding hydrogens is 373 g/mol. The highest BCUT2D eigenvalue weighted by molar-refractivity contribution is 5.95. The molecule has 3 aliphatic rings. The van der Waals surface area contributed by atoms with Crippen LogP contribution in [0.15, 0.2) is 23.1 Å². The van der Waals surface area contributed by atoms with E-state index in [-0.39, 0.29) is 11.1 Å². The molecule has 2 aromatic rings. The number of fused-ring (bicyclic) bond motifs is 1. The van der Waals surface area contributed by atoms with Crippen molar-refractivity contribution in [1.82, 2.24) is 9.88 Å². The van der Waals surface area contributed by atoms with E-state index >= 15 is 0 Å². The third-order valence-electron chi connectivity index (χ3n) is 7.28. The molecule has 1 saturated heterocycles. The van der Waals surface area contributed by atoms with E-state index in [0.717, 1.165) is 30.8 Å². The molecule has 2 saturated carbocycles. The number of hydrogen-bond acceptors (Lipinski definition) is 4. The highest BCUT2D eigenvalue weighted by atomic mass is 19.1. The van der Waals surface area contributed by atoms with Gasteiger partial charge in [0.2, 0.25) is 5.43 Å². The lowest BCUT2D eigenvalue weighted by Gasteiger charge is -2.26. The topological polar surface area (TPSA) is 74.6 Å². The van der Waals surface area contributed by atoms with Crippen LogP contribution < -0.4 is 15.6 Å². The maximum Gasteiger partial charge on any atom is 0.341 e. The Bertz CT molecular complexity index is 1080. The quantitative estimate of drug-likeness (QED) is 0.809. The zero-order valence-electron chi connectivity index (χ0n) is 16.7. The molecule has 0 bridgehead atoms. The molecule has 154 valence electrons. The molecule has 0 spiro atoms. The van der Waals surface area contributed by atoms with Crippen molar-refractivity contribution < 1.29 is 14.3 Å². The van der Waals surface area contributed by atoms with Crippen LogP contribution >= 0.6 is 0 Å². The van der Waals surface area contributed by atoms with E-state index in [2.05, 4.69) is 10.2 Å². The minimum absolute atomic E-state index is 0.271. The average Bonchev–Trinajstić information content (AvgIpc) is 3.59. The minimum Gasteiger partial charge on any atom is -0.477 e. The van der Waals surface area contributed by atoms with Crippen molar-refractivity contribution in [2.45, 2.75) is 50.4 Å². The number of aryl methyl sites for hydroxylation is 1. The summed E-state index contributed by atoms with van der Waals surface area (Å²) in [6, 6.07) is 3.25. The number of halogens is 1. The lowest BCUT2D eigenvalue weighted by Crippen LogP contribution is -2.37. The van der Waals surface area contributed by atoms with Gasteiger partial charge in [-0.25, -0.2) is 9.18 Å². The number of carboxylic acid groups (broad SMARTS) is 1. The Labute approximate surface area is 168 Å².